The van der Waals surface area contributed by atoms with Crippen molar-refractivity contribution in [2.45, 2.75) is 13.5 Å². The second-order valence-corrected chi connectivity index (χ2v) is 5.90. The Hall–Kier alpha value is -3.81. The first-order valence-corrected chi connectivity index (χ1v) is 8.11. The van der Waals surface area contributed by atoms with E-state index in [1.54, 1.807) is 43.5 Å². The molecule has 3 aromatic rings. The third-order valence-corrected chi connectivity index (χ3v) is 3.98. The Morgan fingerprint density at radius 3 is 2.78 bits per heavy atom. The van der Waals surface area contributed by atoms with Crippen molar-refractivity contribution >= 4 is 17.4 Å². The number of nitro groups is 1. The van der Waals surface area contributed by atoms with Gasteiger partial charge in [0.15, 0.2) is 0 Å². The topological polar surface area (TPSA) is 107 Å². The largest absolute Gasteiger partial charge is 0.310 e. The second-order valence-electron chi connectivity index (χ2n) is 5.90. The number of nitrogens with one attached hydrogen (secondary N) is 1. The van der Waals surface area contributed by atoms with E-state index in [4.69, 9.17) is 0 Å². The van der Waals surface area contributed by atoms with E-state index in [0.29, 0.717) is 11.4 Å². The zero-order valence-electron chi connectivity index (χ0n) is 14.5. The van der Waals surface area contributed by atoms with E-state index in [2.05, 4.69) is 10.3 Å². The van der Waals surface area contributed by atoms with Gasteiger partial charge in [-0.1, -0.05) is 18.2 Å². The number of nitro benzene ring substituents is 1. The van der Waals surface area contributed by atoms with E-state index in [1.165, 1.54) is 29.0 Å². The summed E-state index contributed by atoms with van der Waals surface area (Å²) >= 11 is 0. The maximum Gasteiger partial charge on any atom is 0.269 e. The number of carbonyl (C=O) groups is 1. The lowest BCUT2D eigenvalue weighted by molar-refractivity contribution is -0.384. The predicted octanol–water partition coefficient (Wildman–Crippen LogP) is 2.76. The van der Waals surface area contributed by atoms with Crippen molar-refractivity contribution in [1.29, 1.82) is 0 Å². The van der Waals surface area contributed by atoms with Crippen LogP contribution in [0.2, 0.25) is 0 Å². The van der Waals surface area contributed by atoms with Crippen LogP contribution in [0.15, 0.2) is 65.7 Å². The van der Waals surface area contributed by atoms with Crippen LogP contribution in [0.5, 0.6) is 0 Å². The van der Waals surface area contributed by atoms with Crippen LogP contribution >= 0.6 is 0 Å². The van der Waals surface area contributed by atoms with Crippen LogP contribution in [-0.4, -0.2) is 20.4 Å². The minimum absolute atomic E-state index is 0.0343. The van der Waals surface area contributed by atoms with Gasteiger partial charge in [-0.2, -0.15) is 0 Å². The molecule has 0 aliphatic carbocycles. The maximum absolute atomic E-state index is 12.7. The first-order valence-electron chi connectivity index (χ1n) is 8.11. The number of non-ortho nitro benzene ring substituents is 1. The highest BCUT2D eigenvalue weighted by Crippen LogP contribution is 2.14. The molecule has 0 spiro atoms. The zero-order valence-corrected chi connectivity index (χ0v) is 14.5. The average Bonchev–Trinajstić information content (AvgIpc) is 2.65. The third-order valence-electron chi connectivity index (χ3n) is 3.98. The molecular formula is C19H16N4O4. The van der Waals surface area contributed by atoms with Crippen molar-refractivity contribution in [1.82, 2.24) is 9.55 Å². The fourth-order valence-electron chi connectivity index (χ4n) is 2.59. The number of carbonyl (C=O) groups excluding carboxylic acids is 1. The summed E-state index contributed by atoms with van der Waals surface area (Å²) in [6.45, 7) is 1.92. The molecule has 136 valence electrons. The van der Waals surface area contributed by atoms with Gasteiger partial charge in [0.25, 0.3) is 17.2 Å². The Kier molecular flexibility index (Phi) is 5.07. The summed E-state index contributed by atoms with van der Waals surface area (Å²) in [7, 11) is 0. The highest BCUT2D eigenvalue weighted by molar-refractivity contribution is 6.03. The number of pyridine rings is 2. The van der Waals surface area contributed by atoms with Gasteiger partial charge in [-0.15, -0.1) is 0 Å². The molecule has 0 fully saturated rings. The molecule has 0 atom stereocenters. The number of nitrogens with zero attached hydrogens (tertiary/aromatic N) is 3. The van der Waals surface area contributed by atoms with Gasteiger partial charge in [0.05, 0.1) is 11.5 Å². The SMILES string of the molecule is Cc1cccnc1NC(=O)c1cccn(Cc2cccc([N+](=O)[O-])c2)c1=O. The zero-order chi connectivity index (χ0) is 19.4. The van der Waals surface area contributed by atoms with E-state index in [1.807, 2.05) is 0 Å². The lowest BCUT2D eigenvalue weighted by Crippen LogP contribution is -2.29. The van der Waals surface area contributed by atoms with E-state index in [9.17, 15) is 19.7 Å². The van der Waals surface area contributed by atoms with Crippen molar-refractivity contribution in [3.05, 3.63) is 98.1 Å². The molecule has 1 N–H and O–H groups in total. The van der Waals surface area contributed by atoms with Crippen LogP contribution in [0.1, 0.15) is 21.5 Å². The number of benzene rings is 1. The molecular weight excluding hydrogens is 348 g/mol. The molecule has 0 aliphatic heterocycles. The smallest absolute Gasteiger partial charge is 0.269 e. The lowest BCUT2D eigenvalue weighted by Gasteiger charge is -2.09. The molecule has 1 amide bonds. The predicted molar refractivity (Wildman–Crippen MR) is 99.8 cm³/mol. The Balaban J connectivity index is 1.87. The van der Waals surface area contributed by atoms with E-state index < -0.39 is 16.4 Å². The molecule has 0 saturated carbocycles. The standard InChI is InChI=1S/C19H16N4O4/c1-13-5-3-9-20-17(13)21-18(24)16-8-4-10-22(19(16)25)12-14-6-2-7-15(11-14)23(26)27/h2-11H,12H2,1H3,(H,20,21,24). The molecule has 1 aromatic carbocycles. The molecule has 2 aromatic heterocycles. The maximum atomic E-state index is 12.7. The highest BCUT2D eigenvalue weighted by Gasteiger charge is 2.14. The monoisotopic (exact) mass is 364 g/mol. The Labute approximate surface area is 154 Å². The van der Waals surface area contributed by atoms with Crippen molar-refractivity contribution in [3.8, 4) is 0 Å². The summed E-state index contributed by atoms with van der Waals surface area (Å²) in [5.74, 6) is -0.175. The van der Waals surface area contributed by atoms with Crippen LogP contribution < -0.4 is 10.9 Å². The summed E-state index contributed by atoms with van der Waals surface area (Å²) in [6.07, 6.45) is 3.08. The molecule has 2 heterocycles. The number of anilines is 1. The van der Waals surface area contributed by atoms with Gasteiger partial charge >= 0.3 is 0 Å². The Morgan fingerprint density at radius 1 is 1.22 bits per heavy atom. The first kappa shape index (κ1) is 18.0. The molecule has 0 aliphatic rings. The number of aromatic nitrogens is 2. The number of rotatable bonds is 5. The fourth-order valence-corrected chi connectivity index (χ4v) is 2.59. The lowest BCUT2D eigenvalue weighted by atomic mass is 10.2. The van der Waals surface area contributed by atoms with E-state index in [-0.39, 0.29) is 17.8 Å². The van der Waals surface area contributed by atoms with Crippen molar-refractivity contribution in [2.24, 2.45) is 0 Å². The minimum Gasteiger partial charge on any atom is -0.310 e. The number of aryl methyl sites for hydroxylation is 1. The molecule has 0 bridgehead atoms. The molecule has 0 saturated heterocycles. The normalized spacial score (nSPS) is 10.4. The van der Waals surface area contributed by atoms with Crippen LogP contribution in [0.3, 0.4) is 0 Å². The minimum atomic E-state index is -0.560. The summed E-state index contributed by atoms with van der Waals surface area (Å²) < 4.78 is 1.33. The fraction of sp³-hybridized carbons (Fsp3) is 0.105. The Bertz CT molecular complexity index is 1080. The van der Waals surface area contributed by atoms with Crippen LogP contribution in [0, 0.1) is 17.0 Å². The van der Waals surface area contributed by atoms with E-state index in [0.717, 1.165) is 5.56 Å². The Morgan fingerprint density at radius 2 is 2.04 bits per heavy atom. The summed E-state index contributed by atoms with van der Waals surface area (Å²) in [4.78, 5) is 39.6. The van der Waals surface area contributed by atoms with Gasteiger partial charge in [0.1, 0.15) is 11.4 Å². The molecule has 3 rings (SSSR count). The van der Waals surface area contributed by atoms with Crippen molar-refractivity contribution < 1.29 is 9.72 Å². The first-order chi connectivity index (χ1) is 13.0. The van der Waals surface area contributed by atoms with Gasteiger partial charge in [0, 0.05) is 24.5 Å². The van der Waals surface area contributed by atoms with Gasteiger partial charge in [-0.25, -0.2) is 4.98 Å². The quantitative estimate of drug-likeness (QED) is 0.553. The van der Waals surface area contributed by atoms with Crippen molar-refractivity contribution in [2.75, 3.05) is 5.32 Å². The summed E-state index contributed by atoms with van der Waals surface area (Å²) in [5, 5.41) is 13.5. The van der Waals surface area contributed by atoms with Crippen LogP contribution in [0.4, 0.5) is 11.5 Å². The van der Waals surface area contributed by atoms with Gasteiger partial charge in [-0.3, -0.25) is 19.7 Å². The molecule has 0 unspecified atom stereocenters. The second kappa shape index (κ2) is 7.61. The van der Waals surface area contributed by atoms with Crippen LogP contribution in [0.25, 0.3) is 0 Å². The van der Waals surface area contributed by atoms with E-state index >= 15 is 0 Å². The molecule has 8 heteroatoms. The summed E-state index contributed by atoms with van der Waals surface area (Å²) in [5.41, 5.74) is 0.784. The highest BCUT2D eigenvalue weighted by atomic mass is 16.6. The molecule has 27 heavy (non-hydrogen) atoms. The number of hydrogen-bond acceptors (Lipinski definition) is 5. The van der Waals surface area contributed by atoms with Gasteiger partial charge in [-0.05, 0) is 36.2 Å². The molecule has 0 radical (unpaired) electrons. The summed E-state index contributed by atoms with van der Waals surface area (Å²) in [6, 6.07) is 12.6. The number of amides is 1. The average molecular weight is 364 g/mol. The molecule has 8 nitrogen and oxygen atoms in total. The van der Waals surface area contributed by atoms with Crippen molar-refractivity contribution in [3.63, 3.8) is 0 Å². The third kappa shape index (κ3) is 4.06. The van der Waals surface area contributed by atoms with Gasteiger partial charge in [0.2, 0.25) is 0 Å². The van der Waals surface area contributed by atoms with Crippen LogP contribution in [-0.2, 0) is 6.54 Å². The van der Waals surface area contributed by atoms with Gasteiger partial charge < -0.3 is 9.88 Å². The number of hydrogen-bond donors (Lipinski definition) is 1.